The van der Waals surface area contributed by atoms with Gasteiger partial charge in [-0.05, 0) is 25.5 Å². The van der Waals surface area contributed by atoms with E-state index in [0.717, 1.165) is 6.42 Å². The second kappa shape index (κ2) is 5.27. The fourth-order valence-electron chi connectivity index (χ4n) is 0.907. The van der Waals surface area contributed by atoms with Crippen LogP contribution in [0.1, 0.15) is 30.8 Å². The van der Waals surface area contributed by atoms with Crippen LogP contribution >= 0.6 is 0 Å². The van der Waals surface area contributed by atoms with Crippen molar-refractivity contribution >= 4 is 5.78 Å². The maximum atomic E-state index is 11.4. The molecule has 0 bridgehead atoms. The number of ketones is 1. The average Bonchev–Trinajstić information content (AvgIpc) is 2.70. The summed E-state index contributed by atoms with van der Waals surface area (Å²) in [5, 5.41) is 3.08. The van der Waals surface area contributed by atoms with Crippen LogP contribution in [-0.2, 0) is 0 Å². The monoisotopic (exact) mass is 193 g/mol. The molecule has 3 heteroatoms. The molecule has 0 saturated carbocycles. The molecule has 0 radical (unpaired) electrons. The Morgan fingerprint density at radius 3 is 3.07 bits per heavy atom. The van der Waals surface area contributed by atoms with Gasteiger partial charge in [0.1, 0.15) is 0 Å². The molecule has 0 aliphatic carbocycles. The second-order valence-electron chi connectivity index (χ2n) is 3.15. The Hall–Kier alpha value is -1.51. The van der Waals surface area contributed by atoms with Crippen LogP contribution in [0.15, 0.2) is 35.1 Å². The van der Waals surface area contributed by atoms with E-state index >= 15 is 0 Å². The summed E-state index contributed by atoms with van der Waals surface area (Å²) in [6.45, 7) is 4.14. The number of hydrogen-bond donors (Lipinski definition) is 1. The molecule has 1 heterocycles. The van der Waals surface area contributed by atoms with Crippen molar-refractivity contribution in [3.8, 4) is 0 Å². The first-order valence-electron chi connectivity index (χ1n) is 4.74. The first kappa shape index (κ1) is 10.6. The van der Waals surface area contributed by atoms with Gasteiger partial charge >= 0.3 is 0 Å². The lowest BCUT2D eigenvalue weighted by molar-refractivity contribution is 0.102. The molecule has 0 fully saturated rings. The molecule has 0 aliphatic heterocycles. The van der Waals surface area contributed by atoms with Crippen LogP contribution in [0.25, 0.3) is 0 Å². The van der Waals surface area contributed by atoms with Crippen LogP contribution < -0.4 is 5.32 Å². The molecule has 0 aliphatic rings. The molecule has 3 nitrogen and oxygen atoms in total. The second-order valence-corrected chi connectivity index (χ2v) is 3.15. The van der Waals surface area contributed by atoms with Crippen molar-refractivity contribution in [2.24, 2.45) is 0 Å². The standard InChI is InChI=1S/C11H15NO2/c1-3-9(2)12-7-6-10(13)11-5-4-8-14-11/h4-9,12H,3H2,1-2H3/b7-6+. The third-order valence-electron chi connectivity index (χ3n) is 1.99. The quantitative estimate of drug-likeness (QED) is 0.576. The third-order valence-corrected chi connectivity index (χ3v) is 1.99. The minimum absolute atomic E-state index is 0.120. The van der Waals surface area contributed by atoms with Crippen molar-refractivity contribution in [2.75, 3.05) is 0 Å². The molecule has 1 N–H and O–H groups in total. The summed E-state index contributed by atoms with van der Waals surface area (Å²) in [6.07, 6.45) is 5.66. The van der Waals surface area contributed by atoms with Gasteiger partial charge in [-0.3, -0.25) is 4.79 Å². The number of furan rings is 1. The fraction of sp³-hybridized carbons (Fsp3) is 0.364. The Kier molecular flexibility index (Phi) is 3.98. The summed E-state index contributed by atoms with van der Waals surface area (Å²) in [6, 6.07) is 3.73. The Morgan fingerprint density at radius 1 is 1.71 bits per heavy atom. The summed E-state index contributed by atoms with van der Waals surface area (Å²) in [5.41, 5.74) is 0. The van der Waals surface area contributed by atoms with Crippen molar-refractivity contribution in [3.63, 3.8) is 0 Å². The van der Waals surface area contributed by atoms with E-state index in [1.54, 1.807) is 18.3 Å². The van der Waals surface area contributed by atoms with Crippen molar-refractivity contribution in [1.29, 1.82) is 0 Å². The average molecular weight is 193 g/mol. The van der Waals surface area contributed by atoms with Crippen LogP contribution in [-0.4, -0.2) is 11.8 Å². The lowest BCUT2D eigenvalue weighted by Crippen LogP contribution is -2.19. The third kappa shape index (κ3) is 3.09. The zero-order valence-electron chi connectivity index (χ0n) is 8.49. The summed E-state index contributed by atoms with van der Waals surface area (Å²) in [4.78, 5) is 11.4. The van der Waals surface area contributed by atoms with E-state index in [4.69, 9.17) is 4.42 Å². The van der Waals surface area contributed by atoms with E-state index in [2.05, 4.69) is 19.2 Å². The predicted molar refractivity (Wildman–Crippen MR) is 55.1 cm³/mol. The normalized spacial score (nSPS) is 13.0. The van der Waals surface area contributed by atoms with Gasteiger partial charge in [-0.25, -0.2) is 0 Å². The molecular weight excluding hydrogens is 178 g/mol. The van der Waals surface area contributed by atoms with Gasteiger partial charge in [0, 0.05) is 18.3 Å². The molecule has 0 aromatic carbocycles. The number of carbonyl (C=O) groups excluding carboxylic acids is 1. The molecular formula is C11H15NO2. The number of allylic oxidation sites excluding steroid dienone is 1. The zero-order valence-corrected chi connectivity index (χ0v) is 8.49. The minimum Gasteiger partial charge on any atom is -0.461 e. The van der Waals surface area contributed by atoms with Gasteiger partial charge in [0.25, 0.3) is 0 Å². The lowest BCUT2D eigenvalue weighted by Gasteiger charge is -2.06. The molecule has 1 rings (SSSR count). The van der Waals surface area contributed by atoms with E-state index in [9.17, 15) is 4.79 Å². The summed E-state index contributed by atoms with van der Waals surface area (Å²) < 4.78 is 4.95. The lowest BCUT2D eigenvalue weighted by atomic mass is 10.2. The molecule has 1 atom stereocenters. The van der Waals surface area contributed by atoms with Crippen LogP contribution in [0.4, 0.5) is 0 Å². The van der Waals surface area contributed by atoms with Crippen LogP contribution in [0, 0.1) is 0 Å². The van der Waals surface area contributed by atoms with Crippen molar-refractivity contribution in [3.05, 3.63) is 36.4 Å². The first-order valence-corrected chi connectivity index (χ1v) is 4.74. The highest BCUT2D eigenvalue weighted by atomic mass is 16.3. The van der Waals surface area contributed by atoms with E-state index in [0.29, 0.717) is 11.8 Å². The highest BCUT2D eigenvalue weighted by molar-refractivity contribution is 6.02. The molecule has 1 aromatic heterocycles. The van der Waals surface area contributed by atoms with Crippen molar-refractivity contribution in [2.45, 2.75) is 26.3 Å². The van der Waals surface area contributed by atoms with Gasteiger partial charge < -0.3 is 9.73 Å². The van der Waals surface area contributed by atoms with E-state index in [-0.39, 0.29) is 5.78 Å². The SMILES string of the molecule is CCC(C)N/C=C/C(=O)c1ccco1. The number of hydrogen-bond acceptors (Lipinski definition) is 3. The molecule has 0 saturated heterocycles. The number of carbonyl (C=O) groups is 1. The molecule has 76 valence electrons. The van der Waals surface area contributed by atoms with E-state index in [1.165, 1.54) is 12.3 Å². The van der Waals surface area contributed by atoms with Gasteiger partial charge in [-0.1, -0.05) is 6.92 Å². The van der Waals surface area contributed by atoms with Gasteiger partial charge in [0.2, 0.25) is 5.78 Å². The molecule has 14 heavy (non-hydrogen) atoms. The fourth-order valence-corrected chi connectivity index (χ4v) is 0.907. The molecule has 0 amide bonds. The molecule has 1 unspecified atom stereocenters. The van der Waals surface area contributed by atoms with E-state index < -0.39 is 0 Å². The highest BCUT2D eigenvalue weighted by Crippen LogP contribution is 2.01. The van der Waals surface area contributed by atoms with Crippen LogP contribution in [0.3, 0.4) is 0 Å². The first-order chi connectivity index (χ1) is 6.74. The zero-order chi connectivity index (χ0) is 10.4. The summed E-state index contributed by atoms with van der Waals surface area (Å²) >= 11 is 0. The smallest absolute Gasteiger partial charge is 0.222 e. The van der Waals surface area contributed by atoms with Crippen molar-refractivity contribution < 1.29 is 9.21 Å². The topological polar surface area (TPSA) is 42.2 Å². The number of rotatable bonds is 5. The van der Waals surface area contributed by atoms with Gasteiger partial charge in [0.05, 0.1) is 6.26 Å². The Labute approximate surface area is 83.8 Å². The van der Waals surface area contributed by atoms with Gasteiger partial charge in [-0.2, -0.15) is 0 Å². The van der Waals surface area contributed by atoms with Crippen molar-refractivity contribution in [1.82, 2.24) is 5.32 Å². The summed E-state index contributed by atoms with van der Waals surface area (Å²) in [5.74, 6) is 0.248. The Morgan fingerprint density at radius 2 is 2.50 bits per heavy atom. The van der Waals surface area contributed by atoms with E-state index in [1.807, 2.05) is 0 Å². The maximum Gasteiger partial charge on any atom is 0.222 e. The maximum absolute atomic E-state index is 11.4. The largest absolute Gasteiger partial charge is 0.461 e. The number of nitrogens with one attached hydrogen (secondary N) is 1. The summed E-state index contributed by atoms with van der Waals surface area (Å²) in [7, 11) is 0. The highest BCUT2D eigenvalue weighted by Gasteiger charge is 2.03. The van der Waals surface area contributed by atoms with Gasteiger partial charge in [-0.15, -0.1) is 0 Å². The predicted octanol–water partition coefficient (Wildman–Crippen LogP) is 2.36. The van der Waals surface area contributed by atoms with Crippen LogP contribution in [0.2, 0.25) is 0 Å². The minimum atomic E-state index is -0.120. The van der Waals surface area contributed by atoms with Crippen LogP contribution in [0.5, 0.6) is 0 Å². The molecule has 0 spiro atoms. The Bertz CT molecular complexity index is 301. The Balaban J connectivity index is 2.41. The van der Waals surface area contributed by atoms with Gasteiger partial charge in [0.15, 0.2) is 5.76 Å². The molecule has 1 aromatic rings.